The molecule has 0 saturated carbocycles. The maximum atomic E-state index is 12.2. The average Bonchev–Trinajstić information content (AvgIpc) is 2.45. The molecular formula is C16H27ClN2O2. The fourth-order valence-corrected chi connectivity index (χ4v) is 2.07. The monoisotopic (exact) mass is 314 g/mol. The highest BCUT2D eigenvalue weighted by atomic mass is 35.5. The second kappa shape index (κ2) is 10.6. The van der Waals surface area contributed by atoms with Crippen LogP contribution in [-0.2, 0) is 9.53 Å². The molecule has 21 heavy (non-hydrogen) atoms. The number of methoxy groups -OCH3 is 1. The quantitative estimate of drug-likeness (QED) is 0.775. The first-order valence-electron chi connectivity index (χ1n) is 7.20. The van der Waals surface area contributed by atoms with Crippen LogP contribution < -0.4 is 11.1 Å². The zero-order valence-corrected chi connectivity index (χ0v) is 13.9. The predicted octanol–water partition coefficient (Wildman–Crippen LogP) is 2.74. The standard InChI is InChI=1S/C16H26N2O2.ClH/c1-4-5-6-14(11-20-3)18-16(19)15(17)13-9-7-12(2)8-10-13;/h7-10,14-15H,4-6,11,17H2,1-3H3,(H,18,19);1H. The summed E-state index contributed by atoms with van der Waals surface area (Å²) in [7, 11) is 1.64. The molecule has 0 bridgehead atoms. The molecule has 1 amide bonds. The number of halogens is 1. The van der Waals surface area contributed by atoms with Gasteiger partial charge in [0.1, 0.15) is 6.04 Å². The van der Waals surface area contributed by atoms with Gasteiger partial charge in [0.15, 0.2) is 0 Å². The van der Waals surface area contributed by atoms with Crippen LogP contribution >= 0.6 is 12.4 Å². The number of hydrogen-bond donors (Lipinski definition) is 2. The largest absolute Gasteiger partial charge is 0.383 e. The van der Waals surface area contributed by atoms with E-state index >= 15 is 0 Å². The van der Waals surface area contributed by atoms with Crippen LogP contribution in [0.2, 0.25) is 0 Å². The Bertz CT molecular complexity index is 409. The van der Waals surface area contributed by atoms with E-state index in [1.807, 2.05) is 31.2 Å². The van der Waals surface area contributed by atoms with Crippen molar-refractivity contribution in [3.8, 4) is 0 Å². The van der Waals surface area contributed by atoms with Gasteiger partial charge in [-0.2, -0.15) is 0 Å². The number of rotatable bonds is 8. The number of aryl methyl sites for hydroxylation is 1. The van der Waals surface area contributed by atoms with Crippen molar-refractivity contribution in [1.29, 1.82) is 0 Å². The molecule has 4 nitrogen and oxygen atoms in total. The van der Waals surface area contributed by atoms with Crippen LogP contribution in [0.15, 0.2) is 24.3 Å². The van der Waals surface area contributed by atoms with Gasteiger partial charge < -0.3 is 15.8 Å². The number of carbonyl (C=O) groups is 1. The number of nitrogens with two attached hydrogens (primary N) is 1. The lowest BCUT2D eigenvalue weighted by molar-refractivity contribution is -0.123. The average molecular weight is 315 g/mol. The maximum Gasteiger partial charge on any atom is 0.241 e. The molecule has 1 aromatic carbocycles. The highest BCUT2D eigenvalue weighted by molar-refractivity contribution is 5.85. The van der Waals surface area contributed by atoms with E-state index in [4.69, 9.17) is 10.5 Å². The summed E-state index contributed by atoms with van der Waals surface area (Å²) < 4.78 is 5.15. The van der Waals surface area contributed by atoms with Crippen LogP contribution in [0.3, 0.4) is 0 Å². The first kappa shape index (κ1) is 19.9. The van der Waals surface area contributed by atoms with Gasteiger partial charge in [-0.3, -0.25) is 4.79 Å². The molecule has 120 valence electrons. The van der Waals surface area contributed by atoms with Crippen molar-refractivity contribution in [2.45, 2.75) is 45.2 Å². The van der Waals surface area contributed by atoms with E-state index in [2.05, 4.69) is 12.2 Å². The number of amides is 1. The normalized spacial score (nSPS) is 13.1. The minimum absolute atomic E-state index is 0. The Labute approximate surface area is 133 Å². The maximum absolute atomic E-state index is 12.2. The van der Waals surface area contributed by atoms with Crippen LogP contribution in [0.4, 0.5) is 0 Å². The Balaban J connectivity index is 0.00000400. The molecule has 0 aliphatic carbocycles. The lowest BCUT2D eigenvalue weighted by atomic mass is 10.0. The van der Waals surface area contributed by atoms with Gasteiger partial charge in [0.25, 0.3) is 0 Å². The molecule has 0 aliphatic rings. The van der Waals surface area contributed by atoms with Crippen LogP contribution in [0.25, 0.3) is 0 Å². The predicted molar refractivity (Wildman–Crippen MR) is 88.7 cm³/mol. The zero-order valence-electron chi connectivity index (χ0n) is 13.1. The van der Waals surface area contributed by atoms with Crippen molar-refractivity contribution in [3.63, 3.8) is 0 Å². The number of nitrogens with one attached hydrogen (secondary N) is 1. The van der Waals surface area contributed by atoms with Crippen molar-refractivity contribution in [2.24, 2.45) is 5.73 Å². The summed E-state index contributed by atoms with van der Waals surface area (Å²) in [6.45, 7) is 4.66. The van der Waals surface area contributed by atoms with Crippen molar-refractivity contribution < 1.29 is 9.53 Å². The molecule has 0 aliphatic heterocycles. The van der Waals surface area contributed by atoms with Crippen LogP contribution in [0.5, 0.6) is 0 Å². The van der Waals surface area contributed by atoms with E-state index < -0.39 is 6.04 Å². The van der Waals surface area contributed by atoms with Crippen molar-refractivity contribution in [1.82, 2.24) is 5.32 Å². The molecule has 0 aromatic heterocycles. The molecular weight excluding hydrogens is 288 g/mol. The summed E-state index contributed by atoms with van der Waals surface area (Å²) in [5, 5.41) is 2.98. The zero-order chi connectivity index (χ0) is 15.0. The van der Waals surface area contributed by atoms with E-state index in [0.29, 0.717) is 6.61 Å². The Morgan fingerprint density at radius 2 is 1.95 bits per heavy atom. The third-order valence-corrected chi connectivity index (χ3v) is 3.34. The Kier molecular flexibility index (Phi) is 10.0. The van der Waals surface area contributed by atoms with Crippen LogP contribution in [0, 0.1) is 6.92 Å². The second-order valence-corrected chi connectivity index (χ2v) is 5.19. The van der Waals surface area contributed by atoms with E-state index in [1.165, 1.54) is 0 Å². The summed E-state index contributed by atoms with van der Waals surface area (Å²) >= 11 is 0. The first-order chi connectivity index (χ1) is 9.58. The SMILES string of the molecule is CCCCC(COC)NC(=O)C(N)c1ccc(C)cc1.Cl. The third kappa shape index (κ3) is 6.93. The molecule has 2 atom stereocenters. The van der Waals surface area contributed by atoms with Crippen molar-refractivity contribution in [3.05, 3.63) is 35.4 Å². The lowest BCUT2D eigenvalue weighted by Gasteiger charge is -2.20. The number of carbonyl (C=O) groups excluding carboxylic acids is 1. The molecule has 0 radical (unpaired) electrons. The minimum atomic E-state index is -0.628. The fraction of sp³-hybridized carbons (Fsp3) is 0.562. The molecule has 2 unspecified atom stereocenters. The molecule has 0 heterocycles. The van der Waals surface area contributed by atoms with Gasteiger partial charge in [-0.25, -0.2) is 0 Å². The van der Waals surface area contributed by atoms with Gasteiger partial charge in [-0.1, -0.05) is 49.6 Å². The Morgan fingerprint density at radius 3 is 2.48 bits per heavy atom. The number of ether oxygens (including phenoxy) is 1. The van der Waals surface area contributed by atoms with Gasteiger partial charge in [0, 0.05) is 7.11 Å². The third-order valence-electron chi connectivity index (χ3n) is 3.34. The molecule has 5 heteroatoms. The highest BCUT2D eigenvalue weighted by Gasteiger charge is 2.19. The summed E-state index contributed by atoms with van der Waals surface area (Å²) in [4.78, 5) is 12.2. The minimum Gasteiger partial charge on any atom is -0.383 e. The molecule has 1 aromatic rings. The summed E-state index contributed by atoms with van der Waals surface area (Å²) in [6, 6.07) is 7.13. The van der Waals surface area contributed by atoms with Crippen molar-refractivity contribution >= 4 is 18.3 Å². The Morgan fingerprint density at radius 1 is 1.33 bits per heavy atom. The highest BCUT2D eigenvalue weighted by Crippen LogP contribution is 2.12. The summed E-state index contributed by atoms with van der Waals surface area (Å²) in [5.74, 6) is -0.146. The molecule has 3 N–H and O–H groups in total. The number of hydrogen-bond acceptors (Lipinski definition) is 3. The topological polar surface area (TPSA) is 64.3 Å². The van der Waals surface area contributed by atoms with E-state index in [1.54, 1.807) is 7.11 Å². The van der Waals surface area contributed by atoms with Crippen molar-refractivity contribution in [2.75, 3.05) is 13.7 Å². The smallest absolute Gasteiger partial charge is 0.241 e. The van der Waals surface area contributed by atoms with Gasteiger partial charge in [-0.05, 0) is 18.9 Å². The number of benzene rings is 1. The Hall–Kier alpha value is -1.10. The van der Waals surface area contributed by atoms with Gasteiger partial charge in [0.05, 0.1) is 12.6 Å². The van der Waals surface area contributed by atoms with E-state index in [-0.39, 0.29) is 24.4 Å². The lowest BCUT2D eigenvalue weighted by Crippen LogP contribution is -2.43. The van der Waals surface area contributed by atoms with E-state index in [9.17, 15) is 4.79 Å². The molecule has 0 spiro atoms. The number of unbranched alkanes of at least 4 members (excludes halogenated alkanes) is 1. The van der Waals surface area contributed by atoms with Gasteiger partial charge >= 0.3 is 0 Å². The van der Waals surface area contributed by atoms with Gasteiger partial charge in [-0.15, -0.1) is 12.4 Å². The fourth-order valence-electron chi connectivity index (χ4n) is 2.07. The van der Waals surface area contributed by atoms with Gasteiger partial charge in [0.2, 0.25) is 5.91 Å². The van der Waals surface area contributed by atoms with Crippen LogP contribution in [0.1, 0.15) is 43.4 Å². The second-order valence-electron chi connectivity index (χ2n) is 5.19. The molecule has 0 saturated heterocycles. The first-order valence-corrected chi connectivity index (χ1v) is 7.20. The summed E-state index contributed by atoms with van der Waals surface area (Å²) in [5.41, 5.74) is 8.00. The molecule has 0 fully saturated rings. The summed E-state index contributed by atoms with van der Waals surface area (Å²) in [6.07, 6.45) is 3.07. The molecule has 1 rings (SSSR count). The van der Waals surface area contributed by atoms with Crippen LogP contribution in [-0.4, -0.2) is 25.7 Å². The van der Waals surface area contributed by atoms with E-state index in [0.717, 1.165) is 30.4 Å².